The minimum Gasteiger partial charge on any atom is -0.432 e. The number of amides is 1. The maximum atomic E-state index is 13.4. The fourth-order valence-corrected chi connectivity index (χ4v) is 5.38. The van der Waals surface area contributed by atoms with Crippen molar-refractivity contribution in [1.29, 1.82) is 0 Å². The van der Waals surface area contributed by atoms with E-state index in [1.165, 1.54) is 10.4 Å². The van der Waals surface area contributed by atoms with Crippen molar-refractivity contribution >= 4 is 34.4 Å². The number of aliphatic imine (C=N–C) groups is 1. The monoisotopic (exact) mass is 425 g/mol. The van der Waals surface area contributed by atoms with Gasteiger partial charge in [0.15, 0.2) is 0 Å². The summed E-state index contributed by atoms with van der Waals surface area (Å²) in [5, 5.41) is 4.35. The Morgan fingerprint density at radius 3 is 2.77 bits per heavy atom. The molecule has 6 nitrogen and oxygen atoms in total. The van der Waals surface area contributed by atoms with Gasteiger partial charge in [-0.15, -0.1) is 11.3 Å². The number of nitrogens with one attached hydrogen (secondary N) is 1. The van der Waals surface area contributed by atoms with E-state index in [2.05, 4.69) is 38.2 Å². The maximum absolute atomic E-state index is 13.4. The summed E-state index contributed by atoms with van der Waals surface area (Å²) in [6.07, 6.45) is 0.464. The Morgan fingerprint density at radius 1 is 1.30 bits per heavy atom. The minimum atomic E-state index is -1.15. The first-order valence-corrected chi connectivity index (χ1v) is 11.1. The Balaban J connectivity index is 1.82. The maximum Gasteiger partial charge on any atom is 0.295 e. The molecular weight excluding hydrogens is 398 g/mol. The molecule has 1 unspecified atom stereocenters. The first-order chi connectivity index (χ1) is 14.4. The molecule has 0 radical (unpaired) electrons. The third-order valence-corrected chi connectivity index (χ3v) is 6.73. The van der Waals surface area contributed by atoms with E-state index in [1.54, 1.807) is 16.2 Å². The van der Waals surface area contributed by atoms with Gasteiger partial charge in [-0.2, -0.15) is 0 Å². The molecular formula is C23H27N3O3S. The van der Waals surface area contributed by atoms with E-state index < -0.39 is 6.23 Å². The molecule has 2 aliphatic rings. The van der Waals surface area contributed by atoms with Gasteiger partial charge in [0.2, 0.25) is 0 Å². The van der Waals surface area contributed by atoms with Crippen LogP contribution in [-0.2, 0) is 33.7 Å². The van der Waals surface area contributed by atoms with E-state index in [-0.39, 0.29) is 11.3 Å². The Labute approximate surface area is 181 Å². The predicted octanol–water partition coefficient (Wildman–Crippen LogP) is 3.32. The highest BCUT2D eigenvalue weighted by Gasteiger charge is 2.39. The van der Waals surface area contributed by atoms with Crippen LogP contribution in [0.2, 0.25) is 0 Å². The molecule has 0 saturated carbocycles. The summed E-state index contributed by atoms with van der Waals surface area (Å²) in [6, 6.07) is 10.1. The van der Waals surface area contributed by atoms with Crippen molar-refractivity contribution < 1.29 is 14.3 Å². The normalized spacial score (nSPS) is 18.9. The van der Waals surface area contributed by atoms with Crippen LogP contribution >= 0.6 is 11.3 Å². The van der Waals surface area contributed by atoms with Gasteiger partial charge in [-0.3, -0.25) is 14.5 Å². The number of thiophene rings is 1. The Hall–Kier alpha value is -2.51. The minimum absolute atomic E-state index is 0.287. The average Bonchev–Trinajstić information content (AvgIpc) is 3.04. The van der Waals surface area contributed by atoms with Crippen molar-refractivity contribution in [2.75, 3.05) is 18.0 Å². The van der Waals surface area contributed by atoms with Gasteiger partial charge in [0.05, 0.1) is 5.71 Å². The number of anilines is 1. The SMILES string of the molecule is CC(C)(C)C1=NC(OC=O)C(=O)N(CCc2ccccc2)c2sc3c(c21)CCNC3. The second-order valence-corrected chi connectivity index (χ2v) is 9.73. The van der Waals surface area contributed by atoms with E-state index in [1.807, 2.05) is 18.2 Å². The number of nitrogens with zero attached hydrogens (tertiary/aromatic N) is 2. The van der Waals surface area contributed by atoms with Crippen LogP contribution in [0, 0.1) is 5.41 Å². The first-order valence-electron chi connectivity index (χ1n) is 10.3. The molecule has 2 aromatic rings. The quantitative estimate of drug-likeness (QED) is 0.746. The Kier molecular flexibility index (Phi) is 5.75. The van der Waals surface area contributed by atoms with Crippen LogP contribution < -0.4 is 10.2 Å². The van der Waals surface area contributed by atoms with Crippen molar-refractivity contribution in [2.24, 2.45) is 10.4 Å². The summed E-state index contributed by atoms with van der Waals surface area (Å²) >= 11 is 1.66. The second-order valence-electron chi connectivity index (χ2n) is 8.65. The fourth-order valence-electron chi connectivity index (χ4n) is 4.03. The predicted molar refractivity (Wildman–Crippen MR) is 119 cm³/mol. The summed E-state index contributed by atoms with van der Waals surface area (Å²) in [5.74, 6) is -0.287. The highest BCUT2D eigenvalue weighted by atomic mass is 32.1. The van der Waals surface area contributed by atoms with E-state index in [9.17, 15) is 9.59 Å². The molecule has 30 heavy (non-hydrogen) atoms. The largest absolute Gasteiger partial charge is 0.432 e. The van der Waals surface area contributed by atoms with Crippen LogP contribution in [0.5, 0.6) is 0 Å². The van der Waals surface area contributed by atoms with Gasteiger partial charge in [0.1, 0.15) is 5.00 Å². The molecule has 1 amide bonds. The molecule has 0 saturated heterocycles. The number of ether oxygens (including phenoxy) is 1. The van der Waals surface area contributed by atoms with E-state index in [4.69, 9.17) is 9.73 Å². The third kappa shape index (κ3) is 3.91. The van der Waals surface area contributed by atoms with Crippen molar-refractivity contribution in [3.05, 3.63) is 51.9 Å². The number of fused-ring (bicyclic) bond motifs is 3. The van der Waals surface area contributed by atoms with Crippen LogP contribution in [0.4, 0.5) is 5.00 Å². The third-order valence-electron chi connectivity index (χ3n) is 5.48. The van der Waals surface area contributed by atoms with Crippen LogP contribution in [0.1, 0.15) is 42.3 Å². The van der Waals surface area contributed by atoms with Gasteiger partial charge in [-0.25, -0.2) is 4.99 Å². The zero-order valence-electron chi connectivity index (χ0n) is 17.6. The highest BCUT2D eigenvalue weighted by molar-refractivity contribution is 7.17. The molecule has 0 spiro atoms. The molecule has 0 aliphatic carbocycles. The molecule has 1 aromatic heterocycles. The van der Waals surface area contributed by atoms with Gasteiger partial charge in [0, 0.05) is 28.9 Å². The lowest BCUT2D eigenvalue weighted by Gasteiger charge is -2.25. The average molecular weight is 426 g/mol. The van der Waals surface area contributed by atoms with Crippen LogP contribution in [0.3, 0.4) is 0 Å². The number of hydrogen-bond acceptors (Lipinski definition) is 6. The molecule has 0 fully saturated rings. The molecule has 1 aromatic carbocycles. The summed E-state index contributed by atoms with van der Waals surface area (Å²) < 4.78 is 5.16. The molecule has 0 bridgehead atoms. The van der Waals surface area contributed by atoms with Crippen molar-refractivity contribution in [1.82, 2.24) is 5.32 Å². The number of hydrogen-bond donors (Lipinski definition) is 1. The second kappa shape index (κ2) is 8.32. The van der Waals surface area contributed by atoms with Crippen LogP contribution in [0.25, 0.3) is 0 Å². The van der Waals surface area contributed by atoms with Gasteiger partial charge in [-0.1, -0.05) is 51.1 Å². The van der Waals surface area contributed by atoms with Gasteiger partial charge >= 0.3 is 0 Å². The molecule has 158 valence electrons. The topological polar surface area (TPSA) is 71.0 Å². The van der Waals surface area contributed by atoms with Gasteiger partial charge in [0.25, 0.3) is 18.6 Å². The summed E-state index contributed by atoms with van der Waals surface area (Å²) in [4.78, 5) is 32.3. The Bertz CT molecular complexity index is 976. The standard InChI is InChI=1S/C23H27N3O3S/c1-23(2,3)19-18-16-9-11-24-13-17(16)30-22(18)26(21(28)20(25-19)29-14-27)12-10-15-7-5-4-6-8-15/h4-8,14,20,24H,9-13H2,1-3H3. The highest BCUT2D eigenvalue weighted by Crippen LogP contribution is 2.43. The summed E-state index contributed by atoms with van der Waals surface area (Å²) in [7, 11) is 0. The summed E-state index contributed by atoms with van der Waals surface area (Å²) in [6.45, 7) is 8.79. The van der Waals surface area contributed by atoms with Crippen LogP contribution in [0.15, 0.2) is 35.3 Å². The lowest BCUT2D eigenvalue weighted by atomic mass is 9.83. The zero-order chi connectivity index (χ0) is 21.3. The molecule has 3 heterocycles. The zero-order valence-corrected chi connectivity index (χ0v) is 18.4. The van der Waals surface area contributed by atoms with E-state index >= 15 is 0 Å². The smallest absolute Gasteiger partial charge is 0.295 e. The fraction of sp³-hybridized carbons (Fsp3) is 0.435. The molecule has 2 aliphatic heterocycles. The van der Waals surface area contributed by atoms with E-state index in [0.29, 0.717) is 19.4 Å². The van der Waals surface area contributed by atoms with Crippen molar-refractivity contribution in [2.45, 2.75) is 46.4 Å². The first kappa shape index (κ1) is 20.8. The van der Waals surface area contributed by atoms with Gasteiger partial charge < -0.3 is 10.1 Å². The molecule has 1 atom stereocenters. The lowest BCUT2D eigenvalue weighted by Crippen LogP contribution is -2.40. The molecule has 7 heteroatoms. The van der Waals surface area contributed by atoms with Crippen molar-refractivity contribution in [3.8, 4) is 0 Å². The number of carbonyl (C=O) groups excluding carboxylic acids is 2. The summed E-state index contributed by atoms with van der Waals surface area (Å²) in [5.41, 5.74) is 4.02. The van der Waals surface area contributed by atoms with Crippen LogP contribution in [-0.4, -0.2) is 37.4 Å². The van der Waals surface area contributed by atoms with E-state index in [0.717, 1.165) is 41.4 Å². The number of rotatable bonds is 5. The molecule has 4 rings (SSSR count). The Morgan fingerprint density at radius 2 is 2.07 bits per heavy atom. The van der Waals surface area contributed by atoms with Gasteiger partial charge in [-0.05, 0) is 30.5 Å². The van der Waals surface area contributed by atoms with Crippen molar-refractivity contribution in [3.63, 3.8) is 0 Å². The number of benzene rings is 1. The lowest BCUT2D eigenvalue weighted by molar-refractivity contribution is -0.142. The number of carbonyl (C=O) groups is 2. The molecule has 1 N–H and O–H groups in total.